The first-order chi connectivity index (χ1) is 26.6. The van der Waals surface area contributed by atoms with E-state index in [1.165, 1.54) is 0 Å². The number of carbonyl (C=O) groups is 2. The van der Waals surface area contributed by atoms with Crippen molar-refractivity contribution in [1.29, 1.82) is 0 Å². The van der Waals surface area contributed by atoms with Crippen LogP contribution in [0.15, 0.2) is 109 Å². The molecule has 2 saturated heterocycles. The summed E-state index contributed by atoms with van der Waals surface area (Å²) in [7, 11) is 1.67. The first-order valence-corrected chi connectivity index (χ1v) is 19.4. The molecule has 1 spiro atoms. The Morgan fingerprint density at radius 3 is 2.49 bits per heavy atom. The van der Waals surface area contributed by atoms with E-state index in [1.807, 2.05) is 101 Å². The van der Waals surface area contributed by atoms with Crippen molar-refractivity contribution in [3.05, 3.63) is 137 Å². The van der Waals surface area contributed by atoms with E-state index in [1.54, 1.807) is 18.0 Å². The minimum Gasteiger partial charge on any atom is -0.497 e. The topological polar surface area (TPSA) is 110 Å². The third-order valence-corrected chi connectivity index (χ3v) is 12.2. The van der Waals surface area contributed by atoms with E-state index >= 15 is 4.79 Å². The number of anilines is 2. The number of carbonyl (C=O) groups excluding carboxylic acids is 2. The van der Waals surface area contributed by atoms with Gasteiger partial charge in [0.2, 0.25) is 5.91 Å². The van der Waals surface area contributed by atoms with Crippen LogP contribution in [0.4, 0.5) is 11.4 Å². The van der Waals surface area contributed by atoms with Gasteiger partial charge in [-0.25, -0.2) is 0 Å². The molecule has 4 heterocycles. The lowest BCUT2D eigenvalue weighted by atomic mass is 9.63. The van der Waals surface area contributed by atoms with Crippen molar-refractivity contribution >= 4 is 23.2 Å². The van der Waals surface area contributed by atoms with Crippen LogP contribution in [-0.2, 0) is 38.4 Å². The lowest BCUT2D eigenvalue weighted by molar-refractivity contribution is -0.146. The number of nitrogens with zero attached hydrogens (tertiary/aromatic N) is 5. The van der Waals surface area contributed by atoms with Gasteiger partial charge in [-0.05, 0) is 71.7 Å². The number of aryl methyl sites for hydroxylation is 1. The smallest absolute Gasteiger partial charge is 0.264 e. The SMILES string of the molecule is COc1ccc(C(C)(C)[C@H]2[C@H](CCn3cc([C@H](O)c4ccccc4)nn3)O[C@@]3(C(=O)N(Cc4cccc(N5CCCCC5=O)c4)c4ccccc43)[C@@H]2C)cc1. The fraction of sp³-hybridized carbons (Fsp3) is 0.378. The molecule has 0 aliphatic carbocycles. The van der Waals surface area contributed by atoms with E-state index in [0.717, 1.165) is 52.2 Å². The highest BCUT2D eigenvalue weighted by Crippen LogP contribution is 2.60. The van der Waals surface area contributed by atoms with Crippen LogP contribution in [0, 0.1) is 11.8 Å². The van der Waals surface area contributed by atoms with E-state index in [9.17, 15) is 9.90 Å². The van der Waals surface area contributed by atoms with Crippen molar-refractivity contribution in [1.82, 2.24) is 15.0 Å². The minimum atomic E-state index is -1.22. The number of aliphatic hydroxyl groups is 1. The van der Waals surface area contributed by atoms with Crippen LogP contribution < -0.4 is 14.5 Å². The lowest BCUT2D eigenvalue weighted by Crippen LogP contribution is -2.45. The normalized spacial score (nSPS) is 23.0. The van der Waals surface area contributed by atoms with Gasteiger partial charge < -0.3 is 24.4 Å². The van der Waals surface area contributed by atoms with Crippen LogP contribution in [-0.4, -0.2) is 51.7 Å². The molecule has 55 heavy (non-hydrogen) atoms. The monoisotopic (exact) mass is 739 g/mol. The van der Waals surface area contributed by atoms with Crippen LogP contribution in [0.2, 0.25) is 0 Å². The summed E-state index contributed by atoms with van der Waals surface area (Å²) in [5.41, 5.74) is 4.28. The number of methoxy groups -OCH3 is 1. The highest BCUT2D eigenvalue weighted by atomic mass is 16.5. The molecule has 0 saturated carbocycles. The Labute approximate surface area is 322 Å². The predicted molar refractivity (Wildman–Crippen MR) is 211 cm³/mol. The molecule has 4 aromatic carbocycles. The molecule has 0 bridgehead atoms. The van der Waals surface area contributed by atoms with Crippen LogP contribution in [0.3, 0.4) is 0 Å². The van der Waals surface area contributed by atoms with E-state index in [0.29, 0.717) is 38.2 Å². The first-order valence-electron chi connectivity index (χ1n) is 19.4. The maximum atomic E-state index is 15.2. The first kappa shape index (κ1) is 36.6. The Kier molecular flexibility index (Phi) is 9.81. The number of benzene rings is 4. The number of fused-ring (bicyclic) bond motifs is 2. The van der Waals surface area contributed by atoms with Gasteiger partial charge in [0.05, 0.1) is 31.6 Å². The molecule has 10 heteroatoms. The van der Waals surface area contributed by atoms with Crippen LogP contribution >= 0.6 is 0 Å². The zero-order valence-electron chi connectivity index (χ0n) is 32.0. The second-order valence-corrected chi connectivity index (χ2v) is 15.7. The average molecular weight is 740 g/mol. The summed E-state index contributed by atoms with van der Waals surface area (Å²) in [4.78, 5) is 31.8. The number of aromatic nitrogens is 3. The number of ether oxygens (including phenoxy) is 2. The van der Waals surface area contributed by atoms with Gasteiger partial charge in [0, 0.05) is 42.6 Å². The number of hydrogen-bond donors (Lipinski definition) is 1. The maximum Gasteiger partial charge on any atom is 0.264 e. The Morgan fingerprint density at radius 1 is 0.964 bits per heavy atom. The van der Waals surface area contributed by atoms with Gasteiger partial charge in [-0.2, -0.15) is 0 Å². The highest BCUT2D eigenvalue weighted by molar-refractivity contribution is 6.07. The third kappa shape index (κ3) is 6.51. The summed E-state index contributed by atoms with van der Waals surface area (Å²) >= 11 is 0. The zero-order chi connectivity index (χ0) is 38.3. The van der Waals surface area contributed by atoms with Crippen molar-refractivity contribution in [2.24, 2.45) is 11.8 Å². The molecule has 10 nitrogen and oxygen atoms in total. The highest BCUT2D eigenvalue weighted by Gasteiger charge is 2.65. The Morgan fingerprint density at radius 2 is 1.73 bits per heavy atom. The predicted octanol–water partition coefficient (Wildman–Crippen LogP) is 7.35. The van der Waals surface area contributed by atoms with Crippen molar-refractivity contribution in [2.75, 3.05) is 23.5 Å². The van der Waals surface area contributed by atoms with Crippen molar-refractivity contribution < 1.29 is 24.2 Å². The summed E-state index contributed by atoms with van der Waals surface area (Å²) < 4.78 is 14.5. The van der Waals surface area contributed by atoms with Gasteiger partial charge in [-0.3, -0.25) is 14.3 Å². The molecule has 5 atom stereocenters. The Bertz CT molecular complexity index is 2170. The van der Waals surface area contributed by atoms with Crippen LogP contribution in [0.1, 0.15) is 80.5 Å². The molecule has 0 radical (unpaired) electrons. The average Bonchev–Trinajstić information content (AvgIpc) is 3.88. The lowest BCUT2D eigenvalue weighted by Gasteiger charge is -2.38. The number of para-hydroxylation sites is 1. The molecular weight excluding hydrogens is 691 g/mol. The van der Waals surface area contributed by atoms with Crippen molar-refractivity contribution in [3.63, 3.8) is 0 Å². The standard InChI is InChI=1S/C45H49N5O5/c1-30-41(44(2,3)33-20-22-35(54-4)23-21-33)39(24-26-48-29-37(46-47-48)42(52)32-14-6-5-7-15-32)55-45(30)36-17-8-9-18-38(36)50(43(45)53)28-31-13-12-16-34(27-31)49-25-11-10-19-40(49)51/h5-9,12-18,20-23,27,29-30,39,41-42,52H,10-11,19,24-26,28H2,1-4H3/t30-,39+,41-,42-,45+/m1/s1. The maximum absolute atomic E-state index is 15.2. The molecule has 2 amide bonds. The van der Waals surface area contributed by atoms with Gasteiger partial charge >= 0.3 is 0 Å². The molecule has 2 fully saturated rings. The zero-order valence-corrected chi connectivity index (χ0v) is 32.0. The molecule has 284 valence electrons. The van der Waals surface area contributed by atoms with E-state index < -0.39 is 17.1 Å². The number of piperidine rings is 1. The second-order valence-electron chi connectivity index (χ2n) is 15.7. The number of amides is 2. The van der Waals surface area contributed by atoms with Crippen LogP contribution in [0.25, 0.3) is 0 Å². The number of hydrogen-bond acceptors (Lipinski definition) is 7. The summed E-state index contributed by atoms with van der Waals surface area (Å²) in [5, 5.41) is 19.7. The summed E-state index contributed by atoms with van der Waals surface area (Å²) in [6, 6.07) is 33.7. The second kappa shape index (κ2) is 14.7. The summed E-state index contributed by atoms with van der Waals surface area (Å²) in [6.07, 6.45) is 3.60. The van der Waals surface area contributed by atoms with Gasteiger partial charge in [-0.1, -0.05) is 98.8 Å². The van der Waals surface area contributed by atoms with Crippen molar-refractivity contribution in [3.8, 4) is 5.75 Å². The molecule has 0 unspecified atom stereocenters. The van der Waals surface area contributed by atoms with E-state index in [2.05, 4.69) is 43.2 Å². The molecule has 8 rings (SSSR count). The molecule has 3 aliphatic heterocycles. The molecule has 1 aromatic heterocycles. The minimum absolute atomic E-state index is 0.0762. The van der Waals surface area contributed by atoms with Gasteiger partial charge in [0.1, 0.15) is 17.5 Å². The van der Waals surface area contributed by atoms with Gasteiger partial charge in [0.15, 0.2) is 5.60 Å². The van der Waals surface area contributed by atoms with E-state index in [4.69, 9.17) is 9.47 Å². The third-order valence-electron chi connectivity index (χ3n) is 12.2. The quantitative estimate of drug-likeness (QED) is 0.151. The number of aliphatic hydroxyl groups excluding tert-OH is 1. The molecule has 1 N–H and O–H groups in total. The largest absolute Gasteiger partial charge is 0.497 e. The Hall–Kier alpha value is -5.32. The Balaban J connectivity index is 1.12. The van der Waals surface area contributed by atoms with E-state index in [-0.39, 0.29) is 29.8 Å². The summed E-state index contributed by atoms with van der Waals surface area (Å²) in [5.74, 6) is 0.560. The fourth-order valence-corrected chi connectivity index (χ4v) is 9.39. The van der Waals surface area contributed by atoms with Gasteiger partial charge in [0.25, 0.3) is 5.91 Å². The summed E-state index contributed by atoms with van der Waals surface area (Å²) in [6.45, 7) is 8.20. The molecular formula is C45H49N5O5. The fourth-order valence-electron chi connectivity index (χ4n) is 9.39. The van der Waals surface area contributed by atoms with Crippen LogP contribution in [0.5, 0.6) is 5.75 Å². The molecule has 5 aromatic rings. The molecule has 3 aliphatic rings. The van der Waals surface area contributed by atoms with Gasteiger partial charge in [-0.15, -0.1) is 5.10 Å². The number of rotatable bonds is 11. The van der Waals surface area contributed by atoms with Crippen molar-refractivity contribution in [2.45, 2.75) is 82.8 Å².